The number of carbonyl (C=O) groups excluding carboxylic acids is 1. The van der Waals surface area contributed by atoms with E-state index in [9.17, 15) is 4.79 Å². The van der Waals surface area contributed by atoms with Crippen molar-refractivity contribution in [3.8, 4) is 0 Å². The lowest BCUT2D eigenvalue weighted by molar-refractivity contribution is 0.00647. The number of nitrogens with one attached hydrogen (secondary N) is 1. The summed E-state index contributed by atoms with van der Waals surface area (Å²) in [6.45, 7) is 14.9. The molecular formula is C17H30N2O3. The third-order valence-electron chi connectivity index (χ3n) is 3.18. The van der Waals surface area contributed by atoms with Crippen molar-refractivity contribution in [3.63, 3.8) is 0 Å². The van der Waals surface area contributed by atoms with Gasteiger partial charge in [-0.1, -0.05) is 0 Å². The van der Waals surface area contributed by atoms with Crippen LogP contribution < -0.4 is 5.32 Å². The van der Waals surface area contributed by atoms with Gasteiger partial charge < -0.3 is 19.4 Å². The Bertz CT molecular complexity index is 455. The quantitative estimate of drug-likeness (QED) is 0.894. The molecule has 1 N–H and O–H groups in total. The fraction of sp³-hybridized carbons (Fsp3) is 0.706. The fourth-order valence-corrected chi connectivity index (χ4v) is 2.05. The molecule has 1 atom stereocenters. The molecule has 126 valence electrons. The van der Waals surface area contributed by atoms with Gasteiger partial charge in [-0.2, -0.15) is 0 Å². The van der Waals surface area contributed by atoms with Crippen molar-refractivity contribution in [3.05, 3.63) is 24.2 Å². The smallest absolute Gasteiger partial charge is 0.410 e. The maximum Gasteiger partial charge on any atom is 0.410 e. The molecule has 0 aromatic carbocycles. The van der Waals surface area contributed by atoms with Gasteiger partial charge in [-0.25, -0.2) is 4.79 Å². The Morgan fingerprint density at radius 3 is 2.41 bits per heavy atom. The van der Waals surface area contributed by atoms with E-state index in [4.69, 9.17) is 9.15 Å². The molecule has 1 rings (SSSR count). The Balaban J connectivity index is 2.57. The van der Waals surface area contributed by atoms with Gasteiger partial charge in [0.2, 0.25) is 0 Å². The van der Waals surface area contributed by atoms with Gasteiger partial charge in [-0.05, 0) is 60.6 Å². The third kappa shape index (κ3) is 6.10. The highest BCUT2D eigenvalue weighted by molar-refractivity contribution is 5.69. The average molecular weight is 310 g/mol. The minimum atomic E-state index is -0.491. The van der Waals surface area contributed by atoms with E-state index in [1.165, 1.54) is 0 Å². The van der Waals surface area contributed by atoms with Crippen molar-refractivity contribution in [1.82, 2.24) is 10.2 Å². The molecule has 1 aromatic rings. The van der Waals surface area contributed by atoms with Gasteiger partial charge in [0.15, 0.2) is 0 Å². The molecule has 5 nitrogen and oxygen atoms in total. The van der Waals surface area contributed by atoms with Crippen LogP contribution in [0.2, 0.25) is 0 Å². The first kappa shape index (κ1) is 18.6. The molecule has 0 bridgehead atoms. The second-order valence-electron chi connectivity index (χ2n) is 7.49. The summed E-state index contributed by atoms with van der Waals surface area (Å²) < 4.78 is 10.9. The van der Waals surface area contributed by atoms with Crippen LogP contribution in [0.25, 0.3) is 0 Å². The van der Waals surface area contributed by atoms with Crippen LogP contribution in [0, 0.1) is 0 Å². The van der Waals surface area contributed by atoms with Crippen molar-refractivity contribution in [2.45, 2.75) is 65.6 Å². The van der Waals surface area contributed by atoms with Gasteiger partial charge in [0.05, 0.1) is 12.3 Å². The molecule has 1 aromatic heterocycles. The molecule has 0 radical (unpaired) electrons. The molecule has 0 aliphatic heterocycles. The number of nitrogens with zero attached hydrogens (tertiary/aromatic N) is 1. The number of hydrogen-bond acceptors (Lipinski definition) is 4. The number of furan rings is 1. The highest BCUT2D eigenvalue weighted by Gasteiger charge is 2.30. The minimum Gasteiger partial charge on any atom is -0.468 e. The standard InChI is InChI=1S/C17H30N2O3/c1-13(14-9-8-12-21-14)18-10-11-19(16(2,3)4)15(20)22-17(5,6)7/h8-9,12-13,18H,10-11H2,1-7H3/t13-/m1/s1. The molecule has 0 spiro atoms. The first-order valence-electron chi connectivity index (χ1n) is 7.78. The van der Waals surface area contributed by atoms with Crippen molar-refractivity contribution in [2.75, 3.05) is 13.1 Å². The van der Waals surface area contributed by atoms with Crippen LogP contribution in [-0.2, 0) is 4.74 Å². The van der Waals surface area contributed by atoms with Gasteiger partial charge in [0.25, 0.3) is 0 Å². The third-order valence-corrected chi connectivity index (χ3v) is 3.18. The van der Waals surface area contributed by atoms with E-state index in [0.29, 0.717) is 13.1 Å². The number of rotatable bonds is 5. The lowest BCUT2D eigenvalue weighted by Crippen LogP contribution is -2.50. The normalized spacial score (nSPS) is 13.8. The molecule has 0 fully saturated rings. The zero-order chi connectivity index (χ0) is 17.0. The molecule has 5 heteroatoms. The number of ether oxygens (including phenoxy) is 1. The molecule has 1 amide bonds. The Morgan fingerprint density at radius 1 is 1.32 bits per heavy atom. The zero-order valence-electron chi connectivity index (χ0n) is 14.9. The van der Waals surface area contributed by atoms with Crippen molar-refractivity contribution < 1.29 is 13.9 Å². The molecular weight excluding hydrogens is 280 g/mol. The molecule has 0 aliphatic carbocycles. The molecule has 0 saturated carbocycles. The number of carbonyl (C=O) groups is 1. The van der Waals surface area contributed by atoms with Gasteiger partial charge >= 0.3 is 6.09 Å². The van der Waals surface area contributed by atoms with E-state index in [-0.39, 0.29) is 17.7 Å². The van der Waals surface area contributed by atoms with E-state index in [0.717, 1.165) is 5.76 Å². The largest absolute Gasteiger partial charge is 0.468 e. The highest BCUT2D eigenvalue weighted by atomic mass is 16.6. The lowest BCUT2D eigenvalue weighted by atomic mass is 10.1. The molecule has 0 unspecified atom stereocenters. The van der Waals surface area contributed by atoms with E-state index < -0.39 is 5.60 Å². The van der Waals surface area contributed by atoms with Crippen LogP contribution in [0.5, 0.6) is 0 Å². The van der Waals surface area contributed by atoms with Crippen LogP contribution in [0.15, 0.2) is 22.8 Å². The predicted molar refractivity (Wildman–Crippen MR) is 87.8 cm³/mol. The maximum absolute atomic E-state index is 12.4. The van der Waals surface area contributed by atoms with E-state index >= 15 is 0 Å². The van der Waals surface area contributed by atoms with E-state index in [2.05, 4.69) is 5.32 Å². The van der Waals surface area contributed by atoms with Gasteiger partial charge in [0.1, 0.15) is 11.4 Å². The molecule has 1 heterocycles. The fourth-order valence-electron chi connectivity index (χ4n) is 2.05. The summed E-state index contributed by atoms with van der Waals surface area (Å²) in [4.78, 5) is 14.1. The van der Waals surface area contributed by atoms with Crippen LogP contribution in [-0.4, -0.2) is 35.2 Å². The lowest BCUT2D eigenvalue weighted by Gasteiger charge is -2.37. The zero-order valence-corrected chi connectivity index (χ0v) is 14.9. The summed E-state index contributed by atoms with van der Waals surface area (Å²) in [5, 5.41) is 3.36. The molecule has 0 saturated heterocycles. The maximum atomic E-state index is 12.4. The summed E-state index contributed by atoms with van der Waals surface area (Å²) in [5.74, 6) is 0.888. The van der Waals surface area contributed by atoms with Gasteiger partial charge in [-0.15, -0.1) is 0 Å². The summed E-state index contributed by atoms with van der Waals surface area (Å²) in [6, 6.07) is 3.92. The Kier molecular flexibility index (Phi) is 6.06. The summed E-state index contributed by atoms with van der Waals surface area (Å²) in [6.07, 6.45) is 1.38. The van der Waals surface area contributed by atoms with Crippen LogP contribution in [0.1, 0.15) is 60.3 Å². The Hall–Kier alpha value is -1.49. The summed E-state index contributed by atoms with van der Waals surface area (Å²) in [7, 11) is 0. The second-order valence-corrected chi connectivity index (χ2v) is 7.49. The first-order valence-corrected chi connectivity index (χ1v) is 7.78. The number of amides is 1. The van der Waals surface area contributed by atoms with Crippen LogP contribution in [0.4, 0.5) is 4.79 Å². The van der Waals surface area contributed by atoms with E-state index in [1.54, 1.807) is 11.2 Å². The van der Waals surface area contributed by atoms with Crippen molar-refractivity contribution in [2.24, 2.45) is 0 Å². The Morgan fingerprint density at radius 2 is 1.95 bits per heavy atom. The highest BCUT2D eigenvalue weighted by Crippen LogP contribution is 2.18. The monoisotopic (exact) mass is 310 g/mol. The minimum absolute atomic E-state index is 0.107. The SMILES string of the molecule is C[C@@H](NCCN(C(=O)OC(C)(C)C)C(C)(C)C)c1ccco1. The van der Waals surface area contributed by atoms with Crippen molar-refractivity contribution in [1.29, 1.82) is 0 Å². The predicted octanol–water partition coefficient (Wildman–Crippen LogP) is 3.97. The second kappa shape index (κ2) is 7.18. The topological polar surface area (TPSA) is 54.7 Å². The van der Waals surface area contributed by atoms with Crippen molar-refractivity contribution >= 4 is 6.09 Å². The van der Waals surface area contributed by atoms with Gasteiger partial charge in [0, 0.05) is 18.6 Å². The molecule has 22 heavy (non-hydrogen) atoms. The number of hydrogen-bond donors (Lipinski definition) is 1. The van der Waals surface area contributed by atoms with Gasteiger partial charge in [-0.3, -0.25) is 0 Å². The Labute approximate surface area is 134 Å². The summed E-state index contributed by atoms with van der Waals surface area (Å²) >= 11 is 0. The van der Waals surface area contributed by atoms with E-state index in [1.807, 2.05) is 60.6 Å². The summed E-state index contributed by atoms with van der Waals surface area (Å²) in [5.41, 5.74) is -0.784. The first-order chi connectivity index (χ1) is 10.0. The molecule has 0 aliphatic rings. The average Bonchev–Trinajstić information content (AvgIpc) is 2.83. The van der Waals surface area contributed by atoms with Crippen LogP contribution >= 0.6 is 0 Å². The van der Waals surface area contributed by atoms with Crippen LogP contribution in [0.3, 0.4) is 0 Å².